The number of furan rings is 1. The molecule has 0 saturated carbocycles. The van der Waals surface area contributed by atoms with Crippen LogP contribution in [0.5, 0.6) is 0 Å². The lowest BCUT2D eigenvalue weighted by atomic mass is 10.2. The molecule has 0 spiro atoms. The molecule has 1 N–H and O–H groups in total. The maximum atomic E-state index is 12.2. The summed E-state index contributed by atoms with van der Waals surface area (Å²) in [7, 11) is 0. The molecule has 0 aliphatic carbocycles. The third-order valence-electron chi connectivity index (χ3n) is 4.70. The average molecular weight is 360 g/mol. The highest BCUT2D eigenvalue weighted by molar-refractivity contribution is 5.91. The number of nitrogens with one attached hydrogen (secondary N) is 1. The molecule has 1 aliphatic rings. The lowest BCUT2D eigenvalue weighted by Gasteiger charge is -2.34. The minimum Gasteiger partial charge on any atom is -0.459 e. The highest BCUT2D eigenvalue weighted by Gasteiger charge is 2.23. The topological polar surface area (TPSA) is 91.6 Å². The van der Waals surface area contributed by atoms with Gasteiger partial charge in [-0.05, 0) is 38.4 Å². The molecule has 8 heteroatoms. The van der Waals surface area contributed by atoms with Crippen LogP contribution in [0.15, 0.2) is 38.6 Å². The van der Waals surface area contributed by atoms with E-state index in [-0.39, 0.29) is 17.2 Å². The minimum atomic E-state index is -0.356. The molecule has 0 aromatic carbocycles. The van der Waals surface area contributed by atoms with E-state index >= 15 is 0 Å². The maximum Gasteiger partial charge on any atom is 0.328 e. The summed E-state index contributed by atoms with van der Waals surface area (Å²) in [6.07, 6.45) is 4.94. The first-order valence-corrected chi connectivity index (χ1v) is 8.90. The van der Waals surface area contributed by atoms with Gasteiger partial charge < -0.3 is 13.9 Å². The van der Waals surface area contributed by atoms with Gasteiger partial charge in [0.1, 0.15) is 0 Å². The molecule has 26 heavy (non-hydrogen) atoms. The Hall–Kier alpha value is -2.61. The monoisotopic (exact) mass is 360 g/mol. The van der Waals surface area contributed by atoms with Crippen LogP contribution in [0, 0.1) is 6.92 Å². The number of aromatic amines is 1. The lowest BCUT2D eigenvalue weighted by molar-refractivity contribution is 0.0604. The highest BCUT2D eigenvalue weighted by Crippen LogP contribution is 2.10. The first-order valence-electron chi connectivity index (χ1n) is 8.90. The Morgan fingerprint density at radius 3 is 2.58 bits per heavy atom. The predicted octanol–water partition coefficient (Wildman–Crippen LogP) is 0.676. The van der Waals surface area contributed by atoms with Gasteiger partial charge in [-0.25, -0.2) is 4.79 Å². The van der Waals surface area contributed by atoms with Crippen molar-refractivity contribution in [2.45, 2.75) is 26.3 Å². The summed E-state index contributed by atoms with van der Waals surface area (Å²) in [6.45, 7) is 6.27. The number of H-pyrrole nitrogens is 1. The molecule has 2 aromatic rings. The number of aromatic nitrogens is 2. The maximum absolute atomic E-state index is 12.2. The first kappa shape index (κ1) is 18.2. The summed E-state index contributed by atoms with van der Waals surface area (Å²) in [5, 5.41) is 0. The molecule has 0 unspecified atom stereocenters. The van der Waals surface area contributed by atoms with Gasteiger partial charge in [0, 0.05) is 44.5 Å². The Kier molecular flexibility index (Phi) is 5.72. The molecule has 3 rings (SSSR count). The number of nitrogens with zero attached hydrogens (tertiary/aromatic N) is 3. The van der Waals surface area contributed by atoms with Crippen LogP contribution >= 0.6 is 0 Å². The summed E-state index contributed by atoms with van der Waals surface area (Å²) < 4.78 is 6.72. The molecule has 0 atom stereocenters. The van der Waals surface area contributed by atoms with E-state index in [0.29, 0.717) is 31.0 Å². The Morgan fingerprint density at radius 1 is 1.15 bits per heavy atom. The summed E-state index contributed by atoms with van der Waals surface area (Å²) in [6, 6.07) is 3.41. The third-order valence-corrected chi connectivity index (χ3v) is 4.70. The Morgan fingerprint density at radius 2 is 1.88 bits per heavy atom. The smallest absolute Gasteiger partial charge is 0.328 e. The Bertz CT molecular complexity index is 845. The van der Waals surface area contributed by atoms with E-state index in [1.165, 1.54) is 6.26 Å². The van der Waals surface area contributed by atoms with Gasteiger partial charge in [-0.15, -0.1) is 0 Å². The van der Waals surface area contributed by atoms with E-state index in [0.717, 1.165) is 32.5 Å². The standard InChI is InChI=1S/C18H24N4O4/c1-14-13-22(18(25)19-16(14)23)7-3-2-6-20-8-10-21(11-9-20)17(24)15-5-4-12-26-15/h4-5,12-13H,2-3,6-11H2,1H3,(H,19,23,25). The fraction of sp³-hybridized carbons (Fsp3) is 0.500. The fourth-order valence-electron chi connectivity index (χ4n) is 3.13. The van der Waals surface area contributed by atoms with Crippen LogP contribution in [-0.2, 0) is 6.54 Å². The van der Waals surface area contributed by atoms with E-state index in [9.17, 15) is 14.4 Å². The first-order chi connectivity index (χ1) is 12.5. The third kappa shape index (κ3) is 4.32. The number of aryl methyl sites for hydroxylation is 2. The van der Waals surface area contributed by atoms with Crippen molar-refractivity contribution in [1.82, 2.24) is 19.4 Å². The van der Waals surface area contributed by atoms with Crippen LogP contribution in [0.4, 0.5) is 0 Å². The van der Waals surface area contributed by atoms with E-state index in [1.54, 1.807) is 29.8 Å². The lowest BCUT2D eigenvalue weighted by Crippen LogP contribution is -2.48. The molecule has 1 fully saturated rings. The van der Waals surface area contributed by atoms with Crippen LogP contribution in [0.3, 0.4) is 0 Å². The average Bonchev–Trinajstić information content (AvgIpc) is 3.17. The number of carbonyl (C=O) groups is 1. The number of piperazine rings is 1. The summed E-state index contributed by atoms with van der Waals surface area (Å²) in [5.74, 6) is 0.336. The number of hydrogen-bond acceptors (Lipinski definition) is 5. The zero-order chi connectivity index (χ0) is 18.5. The molecule has 140 valence electrons. The largest absolute Gasteiger partial charge is 0.459 e. The predicted molar refractivity (Wildman–Crippen MR) is 96.3 cm³/mol. The summed E-state index contributed by atoms with van der Waals surface area (Å²) in [5.41, 5.74) is -0.138. The second-order valence-electron chi connectivity index (χ2n) is 6.58. The number of carbonyl (C=O) groups excluding carboxylic acids is 1. The molecular weight excluding hydrogens is 336 g/mol. The van der Waals surface area contributed by atoms with Crippen molar-refractivity contribution in [2.75, 3.05) is 32.7 Å². The number of unbranched alkanes of at least 4 members (excludes halogenated alkanes) is 1. The summed E-state index contributed by atoms with van der Waals surface area (Å²) in [4.78, 5) is 41.8. The number of hydrogen-bond donors (Lipinski definition) is 1. The Labute approximate surface area is 151 Å². The van der Waals surface area contributed by atoms with Crippen LogP contribution in [0.2, 0.25) is 0 Å². The number of rotatable bonds is 6. The minimum absolute atomic E-state index is 0.0533. The Balaban J connectivity index is 1.39. The molecule has 2 aromatic heterocycles. The van der Waals surface area contributed by atoms with E-state index in [2.05, 4.69) is 9.88 Å². The zero-order valence-corrected chi connectivity index (χ0v) is 14.9. The van der Waals surface area contributed by atoms with Crippen molar-refractivity contribution in [1.29, 1.82) is 0 Å². The van der Waals surface area contributed by atoms with Crippen molar-refractivity contribution in [3.8, 4) is 0 Å². The van der Waals surface area contributed by atoms with Crippen LogP contribution < -0.4 is 11.2 Å². The van der Waals surface area contributed by atoms with Crippen molar-refractivity contribution in [3.63, 3.8) is 0 Å². The molecular formula is C18H24N4O4. The molecule has 3 heterocycles. The second kappa shape index (κ2) is 8.18. The van der Waals surface area contributed by atoms with Crippen molar-refractivity contribution in [2.24, 2.45) is 0 Å². The van der Waals surface area contributed by atoms with Crippen LogP contribution in [-0.4, -0.2) is 58.0 Å². The van der Waals surface area contributed by atoms with Gasteiger partial charge in [0.2, 0.25) is 0 Å². The molecule has 1 aliphatic heterocycles. The molecule has 1 saturated heterocycles. The van der Waals surface area contributed by atoms with E-state index < -0.39 is 0 Å². The van der Waals surface area contributed by atoms with Gasteiger partial charge in [0.15, 0.2) is 5.76 Å². The van der Waals surface area contributed by atoms with Gasteiger partial charge in [-0.2, -0.15) is 0 Å². The van der Waals surface area contributed by atoms with Crippen molar-refractivity contribution in [3.05, 3.63) is 56.8 Å². The van der Waals surface area contributed by atoms with Crippen LogP contribution in [0.25, 0.3) is 0 Å². The summed E-state index contributed by atoms with van der Waals surface area (Å²) >= 11 is 0. The molecule has 0 radical (unpaired) electrons. The van der Waals surface area contributed by atoms with Gasteiger partial charge in [0.25, 0.3) is 11.5 Å². The second-order valence-corrected chi connectivity index (χ2v) is 6.58. The number of amides is 1. The van der Waals surface area contributed by atoms with Crippen molar-refractivity contribution < 1.29 is 9.21 Å². The van der Waals surface area contributed by atoms with Gasteiger partial charge in [-0.1, -0.05) is 0 Å². The quantitative estimate of drug-likeness (QED) is 0.765. The van der Waals surface area contributed by atoms with Gasteiger partial charge >= 0.3 is 5.69 Å². The highest BCUT2D eigenvalue weighted by atomic mass is 16.3. The zero-order valence-electron chi connectivity index (χ0n) is 14.9. The van der Waals surface area contributed by atoms with E-state index in [1.807, 2.05) is 4.90 Å². The molecule has 8 nitrogen and oxygen atoms in total. The fourth-order valence-corrected chi connectivity index (χ4v) is 3.13. The normalized spacial score (nSPS) is 15.3. The van der Waals surface area contributed by atoms with E-state index in [4.69, 9.17) is 4.42 Å². The molecule has 0 bridgehead atoms. The molecule has 1 amide bonds. The SMILES string of the molecule is Cc1cn(CCCCN2CCN(C(=O)c3ccco3)CC2)c(=O)[nH]c1=O. The van der Waals surface area contributed by atoms with Crippen molar-refractivity contribution >= 4 is 5.91 Å². The van der Waals surface area contributed by atoms with Gasteiger partial charge in [-0.3, -0.25) is 19.5 Å². The van der Waals surface area contributed by atoms with Gasteiger partial charge in [0.05, 0.1) is 6.26 Å². The van der Waals surface area contributed by atoms with Crippen LogP contribution in [0.1, 0.15) is 29.0 Å².